The SMILES string of the molecule is c1nn(CC2CCOC2)cc1CNC1CC1. The highest BCUT2D eigenvalue weighted by Crippen LogP contribution is 2.19. The van der Waals surface area contributed by atoms with Crippen molar-refractivity contribution >= 4 is 0 Å². The Hall–Kier alpha value is -0.870. The molecule has 1 N–H and O–H groups in total. The van der Waals surface area contributed by atoms with E-state index >= 15 is 0 Å². The third kappa shape index (κ3) is 2.62. The van der Waals surface area contributed by atoms with Crippen LogP contribution in [0.2, 0.25) is 0 Å². The monoisotopic (exact) mass is 221 g/mol. The van der Waals surface area contributed by atoms with Gasteiger partial charge in [0.05, 0.1) is 12.8 Å². The standard InChI is InChI=1S/C12H19N3O/c1-2-12(1)13-5-11-6-14-15(8-11)7-10-3-4-16-9-10/h6,8,10,12-13H,1-5,7,9H2. The van der Waals surface area contributed by atoms with E-state index in [-0.39, 0.29) is 0 Å². The average Bonchev–Trinajstić information content (AvgIpc) is 2.78. The summed E-state index contributed by atoms with van der Waals surface area (Å²) in [5, 5.41) is 7.90. The van der Waals surface area contributed by atoms with Crippen LogP contribution >= 0.6 is 0 Å². The second-order valence-electron chi connectivity index (χ2n) is 4.96. The van der Waals surface area contributed by atoms with Gasteiger partial charge in [0, 0.05) is 43.4 Å². The molecule has 88 valence electrons. The van der Waals surface area contributed by atoms with Gasteiger partial charge < -0.3 is 10.1 Å². The lowest BCUT2D eigenvalue weighted by molar-refractivity contribution is 0.181. The van der Waals surface area contributed by atoms with Crippen LogP contribution in [0.15, 0.2) is 12.4 Å². The predicted octanol–water partition coefficient (Wildman–Crippen LogP) is 1.17. The molecular weight excluding hydrogens is 202 g/mol. The first-order valence-corrected chi connectivity index (χ1v) is 6.22. The summed E-state index contributed by atoms with van der Waals surface area (Å²) in [7, 11) is 0. The van der Waals surface area contributed by atoms with Gasteiger partial charge in [-0.3, -0.25) is 4.68 Å². The molecular formula is C12H19N3O. The second kappa shape index (κ2) is 4.55. The van der Waals surface area contributed by atoms with Crippen LogP contribution in [-0.4, -0.2) is 29.0 Å². The van der Waals surface area contributed by atoms with Gasteiger partial charge in [0.2, 0.25) is 0 Å². The van der Waals surface area contributed by atoms with Gasteiger partial charge >= 0.3 is 0 Å². The molecule has 0 bridgehead atoms. The van der Waals surface area contributed by atoms with Crippen molar-refractivity contribution in [3.05, 3.63) is 18.0 Å². The van der Waals surface area contributed by atoms with E-state index in [0.29, 0.717) is 5.92 Å². The normalized spacial score (nSPS) is 25.1. The number of hydrogen-bond donors (Lipinski definition) is 1. The van der Waals surface area contributed by atoms with Crippen molar-refractivity contribution in [1.29, 1.82) is 0 Å². The van der Waals surface area contributed by atoms with Crippen LogP contribution in [0.4, 0.5) is 0 Å². The minimum atomic E-state index is 0.657. The van der Waals surface area contributed by atoms with Gasteiger partial charge in [0.1, 0.15) is 0 Å². The van der Waals surface area contributed by atoms with E-state index in [2.05, 4.69) is 21.3 Å². The maximum absolute atomic E-state index is 5.37. The van der Waals surface area contributed by atoms with Gasteiger partial charge in [-0.2, -0.15) is 5.10 Å². The number of ether oxygens (including phenoxy) is 1. The Morgan fingerprint density at radius 3 is 3.12 bits per heavy atom. The number of nitrogens with zero attached hydrogens (tertiary/aromatic N) is 2. The first-order valence-electron chi connectivity index (χ1n) is 6.22. The fourth-order valence-corrected chi connectivity index (χ4v) is 2.14. The van der Waals surface area contributed by atoms with Gasteiger partial charge in [-0.25, -0.2) is 0 Å². The van der Waals surface area contributed by atoms with Crippen molar-refractivity contribution in [2.45, 2.75) is 38.4 Å². The summed E-state index contributed by atoms with van der Waals surface area (Å²) in [5.74, 6) is 0.657. The Morgan fingerprint density at radius 2 is 2.38 bits per heavy atom. The van der Waals surface area contributed by atoms with E-state index in [9.17, 15) is 0 Å². The third-order valence-electron chi connectivity index (χ3n) is 3.33. The first-order chi connectivity index (χ1) is 7.90. The second-order valence-corrected chi connectivity index (χ2v) is 4.96. The van der Waals surface area contributed by atoms with Crippen LogP contribution in [0.5, 0.6) is 0 Å². The van der Waals surface area contributed by atoms with Crippen molar-refractivity contribution in [1.82, 2.24) is 15.1 Å². The van der Waals surface area contributed by atoms with Crippen LogP contribution in [0, 0.1) is 5.92 Å². The number of nitrogens with one attached hydrogen (secondary N) is 1. The lowest BCUT2D eigenvalue weighted by Gasteiger charge is -2.06. The molecule has 2 heterocycles. The summed E-state index contributed by atoms with van der Waals surface area (Å²) in [4.78, 5) is 0. The predicted molar refractivity (Wildman–Crippen MR) is 61.0 cm³/mol. The quantitative estimate of drug-likeness (QED) is 0.811. The Kier molecular flexibility index (Phi) is 2.93. The molecule has 0 aromatic carbocycles. The fraction of sp³-hybridized carbons (Fsp3) is 0.750. The molecule has 1 saturated heterocycles. The summed E-state index contributed by atoms with van der Waals surface area (Å²) in [6, 6.07) is 0.770. The summed E-state index contributed by atoms with van der Waals surface area (Å²) in [5.41, 5.74) is 1.30. The molecule has 16 heavy (non-hydrogen) atoms. The lowest BCUT2D eigenvalue weighted by atomic mass is 10.1. The molecule has 1 saturated carbocycles. The zero-order valence-corrected chi connectivity index (χ0v) is 9.56. The molecule has 2 fully saturated rings. The minimum absolute atomic E-state index is 0.657. The molecule has 1 unspecified atom stereocenters. The molecule has 2 aliphatic rings. The van der Waals surface area contributed by atoms with E-state index in [1.54, 1.807) is 0 Å². The fourth-order valence-electron chi connectivity index (χ4n) is 2.14. The van der Waals surface area contributed by atoms with Crippen LogP contribution in [0.25, 0.3) is 0 Å². The molecule has 4 nitrogen and oxygen atoms in total. The van der Waals surface area contributed by atoms with Crippen molar-refractivity contribution < 1.29 is 4.74 Å². The van der Waals surface area contributed by atoms with Gasteiger partial charge in [-0.15, -0.1) is 0 Å². The number of aromatic nitrogens is 2. The highest BCUT2D eigenvalue weighted by atomic mass is 16.5. The Labute approximate surface area is 96.0 Å². The molecule has 1 aromatic heterocycles. The lowest BCUT2D eigenvalue weighted by Crippen LogP contribution is -2.15. The largest absolute Gasteiger partial charge is 0.381 e. The molecule has 4 heteroatoms. The van der Waals surface area contributed by atoms with Crippen molar-refractivity contribution in [3.8, 4) is 0 Å². The van der Waals surface area contributed by atoms with Crippen molar-refractivity contribution in [2.24, 2.45) is 5.92 Å². The average molecular weight is 221 g/mol. The van der Waals surface area contributed by atoms with Crippen LogP contribution in [-0.2, 0) is 17.8 Å². The van der Waals surface area contributed by atoms with Crippen molar-refractivity contribution in [2.75, 3.05) is 13.2 Å². The van der Waals surface area contributed by atoms with Gasteiger partial charge in [-0.05, 0) is 19.3 Å². The molecule has 0 spiro atoms. The highest BCUT2D eigenvalue weighted by Gasteiger charge is 2.20. The molecule has 3 rings (SSSR count). The maximum Gasteiger partial charge on any atom is 0.0534 e. The van der Waals surface area contributed by atoms with Crippen LogP contribution < -0.4 is 5.32 Å². The Morgan fingerprint density at radius 1 is 1.44 bits per heavy atom. The third-order valence-corrected chi connectivity index (χ3v) is 3.33. The van der Waals surface area contributed by atoms with Crippen LogP contribution in [0.1, 0.15) is 24.8 Å². The van der Waals surface area contributed by atoms with Crippen LogP contribution in [0.3, 0.4) is 0 Å². The molecule has 1 aliphatic heterocycles. The zero-order valence-electron chi connectivity index (χ0n) is 9.56. The Bertz CT molecular complexity index is 340. The van der Waals surface area contributed by atoms with Gasteiger partial charge in [0.15, 0.2) is 0 Å². The first kappa shape index (κ1) is 10.3. The molecule has 1 atom stereocenters. The summed E-state index contributed by atoms with van der Waals surface area (Å²) >= 11 is 0. The van der Waals surface area contributed by atoms with E-state index < -0.39 is 0 Å². The molecule has 0 amide bonds. The summed E-state index contributed by atoms with van der Waals surface area (Å²) in [6.45, 7) is 3.78. The van der Waals surface area contributed by atoms with Gasteiger partial charge in [-0.1, -0.05) is 0 Å². The summed E-state index contributed by atoms with van der Waals surface area (Å²) < 4.78 is 7.43. The number of hydrogen-bond acceptors (Lipinski definition) is 3. The number of rotatable bonds is 5. The topological polar surface area (TPSA) is 39.1 Å². The molecule has 0 radical (unpaired) electrons. The van der Waals surface area contributed by atoms with Crippen molar-refractivity contribution in [3.63, 3.8) is 0 Å². The summed E-state index contributed by atoms with van der Waals surface area (Å²) in [6.07, 6.45) is 8.00. The Balaban J connectivity index is 1.50. The molecule has 1 aromatic rings. The zero-order chi connectivity index (χ0) is 10.8. The highest BCUT2D eigenvalue weighted by molar-refractivity contribution is 5.04. The van der Waals surface area contributed by atoms with E-state index in [1.165, 1.54) is 24.8 Å². The van der Waals surface area contributed by atoms with Gasteiger partial charge in [0.25, 0.3) is 0 Å². The van der Waals surface area contributed by atoms with E-state index in [0.717, 1.165) is 32.3 Å². The molecule has 1 aliphatic carbocycles. The van der Waals surface area contributed by atoms with E-state index in [4.69, 9.17) is 4.74 Å². The minimum Gasteiger partial charge on any atom is -0.381 e. The van der Waals surface area contributed by atoms with E-state index in [1.807, 2.05) is 6.20 Å². The smallest absolute Gasteiger partial charge is 0.0534 e. The maximum atomic E-state index is 5.37.